The maximum atomic E-state index is 6.29. The van der Waals surface area contributed by atoms with Crippen LogP contribution in [0.25, 0.3) is 10.9 Å². The molecule has 0 amide bonds. The molecular weight excluding hydrogens is 424 g/mol. The summed E-state index contributed by atoms with van der Waals surface area (Å²) in [4.78, 5) is 11.0. The van der Waals surface area contributed by atoms with E-state index in [-0.39, 0.29) is 0 Å². The maximum Gasteiger partial charge on any atom is 0.141 e. The number of aromatic nitrogens is 2. The molecule has 1 aliphatic heterocycles. The van der Waals surface area contributed by atoms with Crippen LogP contribution >= 0.6 is 0 Å². The van der Waals surface area contributed by atoms with Crippen LogP contribution in [-0.4, -0.2) is 24.1 Å². The molecule has 1 aliphatic rings. The normalized spacial score (nSPS) is 15.0. The summed E-state index contributed by atoms with van der Waals surface area (Å²) in [5, 5.41) is 4.34. The van der Waals surface area contributed by atoms with Crippen LogP contribution in [-0.2, 0) is 0 Å². The lowest BCUT2D eigenvalue weighted by molar-refractivity contribution is 0.415. The van der Waals surface area contributed by atoms with Crippen molar-refractivity contribution < 1.29 is 9.47 Å². The molecule has 0 aliphatic carbocycles. The lowest BCUT2D eigenvalue weighted by Crippen LogP contribution is -2.18. The van der Waals surface area contributed by atoms with Gasteiger partial charge >= 0.3 is 0 Å². The minimum absolute atomic E-state index is 0.366. The second-order valence-corrected chi connectivity index (χ2v) is 8.74. The number of ether oxygens (including phenoxy) is 2. The Morgan fingerprint density at radius 2 is 1.76 bits per heavy atom. The molecule has 0 spiro atoms. The number of allylic oxidation sites excluding steroid dienone is 1. The van der Waals surface area contributed by atoms with Crippen molar-refractivity contribution in [1.82, 2.24) is 9.97 Å². The van der Waals surface area contributed by atoms with Crippen LogP contribution in [0.5, 0.6) is 17.2 Å². The van der Waals surface area contributed by atoms with Gasteiger partial charge < -0.3 is 19.7 Å². The number of anilines is 3. The number of aryl methyl sites for hydroxylation is 1. The number of methoxy groups -OCH3 is 1. The lowest BCUT2D eigenvalue weighted by Gasteiger charge is -2.29. The van der Waals surface area contributed by atoms with Gasteiger partial charge in [-0.05, 0) is 79.1 Å². The Morgan fingerprint density at radius 3 is 2.56 bits per heavy atom. The molecule has 4 aromatic rings. The molecular formula is C28H28N4O2. The lowest BCUT2D eigenvalue weighted by atomic mass is 9.90. The van der Waals surface area contributed by atoms with Crippen molar-refractivity contribution in [2.45, 2.75) is 26.7 Å². The first-order chi connectivity index (χ1) is 16.4. The van der Waals surface area contributed by atoms with E-state index in [0.29, 0.717) is 5.92 Å². The van der Waals surface area contributed by atoms with Crippen molar-refractivity contribution in [3.05, 3.63) is 83.8 Å². The highest BCUT2D eigenvalue weighted by Gasteiger charge is 2.20. The Bertz CT molecular complexity index is 1410. The van der Waals surface area contributed by atoms with Gasteiger partial charge in [-0.25, -0.2) is 9.97 Å². The van der Waals surface area contributed by atoms with Gasteiger partial charge in [0.15, 0.2) is 0 Å². The molecule has 1 unspecified atom stereocenters. The number of benzene rings is 3. The standard InChI is InChI=1S/C28H28N4O2/c1-17-12-20(31-28-23-9-7-21(33-5)14-25(23)29-16-30-28)6-11-27(17)34-22-8-10-26-24(13-22)19(3)18(2)15-32(26)4/h6-16,19H,1-5H3,(H,29,30,31). The first kappa shape index (κ1) is 21.8. The van der Waals surface area contributed by atoms with E-state index in [2.05, 4.69) is 65.5 Å². The first-order valence-corrected chi connectivity index (χ1v) is 11.3. The zero-order valence-corrected chi connectivity index (χ0v) is 20.1. The van der Waals surface area contributed by atoms with Crippen LogP contribution in [0.4, 0.5) is 17.2 Å². The maximum absolute atomic E-state index is 6.29. The first-order valence-electron chi connectivity index (χ1n) is 11.3. The zero-order chi connectivity index (χ0) is 23.8. The predicted molar refractivity (Wildman–Crippen MR) is 138 cm³/mol. The van der Waals surface area contributed by atoms with E-state index in [9.17, 15) is 0 Å². The third-order valence-electron chi connectivity index (χ3n) is 6.43. The van der Waals surface area contributed by atoms with E-state index in [4.69, 9.17) is 9.47 Å². The molecule has 5 rings (SSSR count). The van der Waals surface area contributed by atoms with Crippen molar-refractivity contribution in [2.24, 2.45) is 0 Å². The van der Waals surface area contributed by atoms with E-state index < -0.39 is 0 Å². The van der Waals surface area contributed by atoms with E-state index in [1.54, 1.807) is 13.4 Å². The Morgan fingerprint density at radius 1 is 0.941 bits per heavy atom. The van der Waals surface area contributed by atoms with Gasteiger partial charge in [-0.15, -0.1) is 0 Å². The van der Waals surface area contributed by atoms with Gasteiger partial charge in [-0.3, -0.25) is 0 Å². The molecule has 2 heterocycles. The summed E-state index contributed by atoms with van der Waals surface area (Å²) < 4.78 is 11.6. The fourth-order valence-corrected chi connectivity index (χ4v) is 4.36. The molecule has 1 atom stereocenters. The average Bonchev–Trinajstić information content (AvgIpc) is 2.84. The number of nitrogens with zero attached hydrogens (tertiary/aromatic N) is 3. The van der Waals surface area contributed by atoms with E-state index in [0.717, 1.165) is 45.2 Å². The monoisotopic (exact) mass is 452 g/mol. The van der Waals surface area contributed by atoms with Gasteiger partial charge in [0, 0.05) is 42.0 Å². The molecule has 0 saturated heterocycles. The fourth-order valence-electron chi connectivity index (χ4n) is 4.36. The van der Waals surface area contributed by atoms with Crippen LogP contribution in [0.1, 0.15) is 30.9 Å². The third-order valence-corrected chi connectivity index (χ3v) is 6.43. The predicted octanol–water partition coefficient (Wildman–Crippen LogP) is 6.94. The van der Waals surface area contributed by atoms with Crippen LogP contribution in [0, 0.1) is 6.92 Å². The third kappa shape index (κ3) is 4.03. The number of fused-ring (bicyclic) bond motifs is 2. The minimum atomic E-state index is 0.366. The van der Waals surface area contributed by atoms with E-state index >= 15 is 0 Å². The van der Waals surface area contributed by atoms with Crippen LogP contribution in [0.15, 0.2) is 72.7 Å². The van der Waals surface area contributed by atoms with Crippen LogP contribution in [0.3, 0.4) is 0 Å². The van der Waals surface area contributed by atoms with Crippen molar-refractivity contribution in [1.29, 1.82) is 0 Å². The molecule has 0 bridgehead atoms. The molecule has 172 valence electrons. The summed E-state index contributed by atoms with van der Waals surface area (Å²) in [6.07, 6.45) is 3.75. The molecule has 6 heteroatoms. The van der Waals surface area contributed by atoms with Gasteiger partial charge in [0.2, 0.25) is 0 Å². The number of hydrogen-bond acceptors (Lipinski definition) is 6. The molecule has 0 fully saturated rings. The summed E-state index contributed by atoms with van der Waals surface area (Å²) in [6.45, 7) is 6.45. The molecule has 0 radical (unpaired) electrons. The summed E-state index contributed by atoms with van der Waals surface area (Å²) in [6, 6.07) is 18.1. The van der Waals surface area contributed by atoms with Crippen LogP contribution in [0.2, 0.25) is 0 Å². The molecule has 3 aromatic carbocycles. The highest BCUT2D eigenvalue weighted by Crippen LogP contribution is 2.40. The summed E-state index contributed by atoms with van der Waals surface area (Å²) in [7, 11) is 3.73. The quantitative estimate of drug-likeness (QED) is 0.354. The second kappa shape index (κ2) is 8.71. The van der Waals surface area contributed by atoms with Gasteiger partial charge in [-0.1, -0.05) is 6.92 Å². The molecule has 1 N–H and O–H groups in total. The molecule has 6 nitrogen and oxygen atoms in total. The minimum Gasteiger partial charge on any atom is -0.497 e. The van der Waals surface area contributed by atoms with Crippen molar-refractivity contribution >= 4 is 28.1 Å². The van der Waals surface area contributed by atoms with Gasteiger partial charge in [0.05, 0.1) is 12.6 Å². The van der Waals surface area contributed by atoms with Crippen molar-refractivity contribution in [3.8, 4) is 17.2 Å². The fraction of sp³-hybridized carbons (Fsp3) is 0.214. The highest BCUT2D eigenvalue weighted by atomic mass is 16.5. The van der Waals surface area contributed by atoms with E-state index in [1.807, 2.05) is 43.3 Å². The van der Waals surface area contributed by atoms with Gasteiger partial charge in [0.1, 0.15) is 29.4 Å². The van der Waals surface area contributed by atoms with Crippen molar-refractivity contribution in [2.75, 3.05) is 24.4 Å². The summed E-state index contributed by atoms with van der Waals surface area (Å²) in [5.74, 6) is 3.55. The SMILES string of the molecule is COc1ccc2c(Nc3ccc(Oc4ccc5c(c4)C(C)C(C)=CN5C)c(C)c3)ncnc2c1. The Labute approximate surface area is 199 Å². The Balaban J connectivity index is 1.38. The molecule has 0 saturated carbocycles. The average molecular weight is 453 g/mol. The topological polar surface area (TPSA) is 59.5 Å². The van der Waals surface area contributed by atoms with Crippen molar-refractivity contribution in [3.63, 3.8) is 0 Å². The smallest absolute Gasteiger partial charge is 0.141 e. The van der Waals surface area contributed by atoms with Gasteiger partial charge in [-0.2, -0.15) is 0 Å². The number of nitrogens with one attached hydrogen (secondary N) is 1. The Hall–Kier alpha value is -4.06. The Kier molecular flexibility index (Phi) is 5.57. The summed E-state index contributed by atoms with van der Waals surface area (Å²) >= 11 is 0. The largest absolute Gasteiger partial charge is 0.497 e. The number of hydrogen-bond donors (Lipinski definition) is 1. The van der Waals surface area contributed by atoms with E-state index in [1.165, 1.54) is 16.8 Å². The highest BCUT2D eigenvalue weighted by molar-refractivity contribution is 5.91. The molecule has 1 aromatic heterocycles. The summed E-state index contributed by atoms with van der Waals surface area (Å²) in [5.41, 5.74) is 6.63. The second-order valence-electron chi connectivity index (χ2n) is 8.74. The van der Waals surface area contributed by atoms with Crippen LogP contribution < -0.4 is 19.7 Å². The van der Waals surface area contributed by atoms with Gasteiger partial charge in [0.25, 0.3) is 0 Å². The zero-order valence-electron chi connectivity index (χ0n) is 20.1. The molecule has 34 heavy (non-hydrogen) atoms. The number of rotatable bonds is 5.